The Morgan fingerprint density at radius 2 is 1.68 bits per heavy atom. The highest BCUT2D eigenvalue weighted by Crippen LogP contribution is 2.39. The van der Waals surface area contributed by atoms with E-state index in [0.717, 1.165) is 16.7 Å². The lowest BCUT2D eigenvalue weighted by atomic mass is 10.0. The van der Waals surface area contributed by atoms with Crippen molar-refractivity contribution in [1.82, 2.24) is 14.6 Å². The van der Waals surface area contributed by atoms with Crippen LogP contribution in [0.15, 0.2) is 54.6 Å². The van der Waals surface area contributed by atoms with Crippen molar-refractivity contribution in [2.75, 3.05) is 0 Å². The molecule has 0 aliphatic heterocycles. The van der Waals surface area contributed by atoms with Gasteiger partial charge in [0.1, 0.15) is 10.8 Å². The summed E-state index contributed by atoms with van der Waals surface area (Å²) in [5.74, 6) is 0.513. The molecule has 2 aromatic heterocycles. The largest absolute Gasteiger partial charge is 0.475 e. The van der Waals surface area contributed by atoms with Crippen LogP contribution in [0.2, 0.25) is 15.2 Å². The Bertz CT molecular complexity index is 1150. The van der Waals surface area contributed by atoms with E-state index in [-0.39, 0.29) is 6.10 Å². The molecule has 0 unspecified atom stereocenters. The predicted octanol–water partition coefficient (Wildman–Crippen LogP) is 6.81. The Kier molecular flexibility index (Phi) is 5.19. The van der Waals surface area contributed by atoms with Crippen molar-refractivity contribution in [1.29, 1.82) is 0 Å². The summed E-state index contributed by atoms with van der Waals surface area (Å²) >= 11 is 18.9. The number of halogens is 3. The SMILES string of the molecule is CC(C)Oc1cc(Cl)nc2c(-c3ccc(Cl)cc3)c(-c3ccccc3Cl)nn12. The number of nitrogens with zero attached hydrogens (tertiary/aromatic N) is 3. The zero-order valence-electron chi connectivity index (χ0n) is 15.2. The van der Waals surface area contributed by atoms with Crippen LogP contribution >= 0.6 is 34.8 Å². The summed E-state index contributed by atoms with van der Waals surface area (Å²) in [4.78, 5) is 4.53. The fourth-order valence-corrected chi connectivity index (χ4v) is 3.54. The first-order chi connectivity index (χ1) is 13.4. The molecule has 2 aromatic carbocycles. The van der Waals surface area contributed by atoms with Crippen LogP contribution in [-0.4, -0.2) is 20.7 Å². The van der Waals surface area contributed by atoms with Crippen LogP contribution in [0.3, 0.4) is 0 Å². The van der Waals surface area contributed by atoms with E-state index in [0.29, 0.717) is 32.4 Å². The first-order valence-electron chi connectivity index (χ1n) is 8.71. The van der Waals surface area contributed by atoms with Crippen molar-refractivity contribution in [2.24, 2.45) is 0 Å². The maximum Gasteiger partial charge on any atom is 0.219 e. The lowest BCUT2D eigenvalue weighted by molar-refractivity contribution is 0.226. The molecule has 0 amide bonds. The molecule has 0 saturated carbocycles. The quantitative estimate of drug-likeness (QED) is 0.332. The first kappa shape index (κ1) is 19.1. The minimum atomic E-state index is -0.0476. The van der Waals surface area contributed by atoms with Gasteiger partial charge in [-0.1, -0.05) is 65.1 Å². The molecule has 0 radical (unpaired) electrons. The third-order valence-electron chi connectivity index (χ3n) is 4.14. The maximum atomic E-state index is 6.48. The molecule has 0 aliphatic rings. The molecular weight excluding hydrogens is 417 g/mol. The topological polar surface area (TPSA) is 39.4 Å². The number of rotatable bonds is 4. The van der Waals surface area contributed by atoms with Crippen LogP contribution in [0.4, 0.5) is 0 Å². The van der Waals surface area contributed by atoms with Crippen LogP contribution in [-0.2, 0) is 0 Å². The molecule has 7 heteroatoms. The zero-order valence-corrected chi connectivity index (χ0v) is 17.4. The Hall–Kier alpha value is -2.27. The molecule has 2 heterocycles. The number of fused-ring (bicyclic) bond motifs is 1. The van der Waals surface area contributed by atoms with Crippen molar-refractivity contribution in [3.05, 3.63) is 69.8 Å². The fourth-order valence-electron chi connectivity index (χ4n) is 3.01. The molecule has 28 heavy (non-hydrogen) atoms. The van der Waals surface area contributed by atoms with Gasteiger partial charge in [0.05, 0.1) is 16.7 Å². The average molecular weight is 433 g/mol. The number of ether oxygens (including phenoxy) is 1. The lowest BCUT2D eigenvalue weighted by Crippen LogP contribution is -2.10. The minimum Gasteiger partial charge on any atom is -0.475 e. The molecule has 0 fully saturated rings. The molecule has 142 valence electrons. The molecule has 4 nitrogen and oxygen atoms in total. The first-order valence-corrected chi connectivity index (χ1v) is 9.84. The van der Waals surface area contributed by atoms with Crippen LogP contribution in [0.25, 0.3) is 28.0 Å². The number of aromatic nitrogens is 3. The average Bonchev–Trinajstić information content (AvgIpc) is 3.01. The second kappa shape index (κ2) is 7.63. The molecule has 0 atom stereocenters. The third-order valence-corrected chi connectivity index (χ3v) is 4.92. The van der Waals surface area contributed by atoms with Gasteiger partial charge < -0.3 is 4.74 Å². The Labute approximate surface area is 177 Å². The van der Waals surface area contributed by atoms with E-state index in [2.05, 4.69) is 4.98 Å². The number of hydrogen-bond acceptors (Lipinski definition) is 3. The van der Waals surface area contributed by atoms with Gasteiger partial charge in [0.2, 0.25) is 5.88 Å². The van der Waals surface area contributed by atoms with Crippen LogP contribution < -0.4 is 4.74 Å². The second-order valence-corrected chi connectivity index (χ2v) is 7.76. The summed E-state index contributed by atoms with van der Waals surface area (Å²) in [6, 6.07) is 16.7. The van der Waals surface area contributed by atoms with Gasteiger partial charge >= 0.3 is 0 Å². The van der Waals surface area contributed by atoms with E-state index < -0.39 is 0 Å². The molecule has 4 rings (SSSR count). The minimum absolute atomic E-state index is 0.0476. The van der Waals surface area contributed by atoms with Gasteiger partial charge in [0.15, 0.2) is 5.65 Å². The van der Waals surface area contributed by atoms with Gasteiger partial charge in [-0.05, 0) is 37.6 Å². The highest BCUT2D eigenvalue weighted by molar-refractivity contribution is 6.33. The molecular formula is C21H16Cl3N3O. The standard InChI is InChI=1S/C21H16Cl3N3O/c1-12(2)28-18-11-17(24)25-21-19(13-7-9-14(22)10-8-13)20(26-27(18)21)15-5-3-4-6-16(15)23/h3-12H,1-2H3. The van der Waals surface area contributed by atoms with Crippen molar-refractivity contribution in [3.8, 4) is 28.3 Å². The summed E-state index contributed by atoms with van der Waals surface area (Å²) in [5, 5.41) is 6.36. The fraction of sp³-hybridized carbons (Fsp3) is 0.143. The van der Waals surface area contributed by atoms with Crippen molar-refractivity contribution in [3.63, 3.8) is 0 Å². The Morgan fingerprint density at radius 3 is 2.36 bits per heavy atom. The van der Waals surface area contributed by atoms with E-state index in [9.17, 15) is 0 Å². The maximum absolute atomic E-state index is 6.48. The number of hydrogen-bond donors (Lipinski definition) is 0. The molecule has 0 N–H and O–H groups in total. The molecule has 0 spiro atoms. The van der Waals surface area contributed by atoms with Gasteiger partial charge in [-0.3, -0.25) is 0 Å². The van der Waals surface area contributed by atoms with Crippen LogP contribution in [0, 0.1) is 0 Å². The van der Waals surface area contributed by atoms with Crippen LogP contribution in [0.5, 0.6) is 5.88 Å². The number of benzene rings is 2. The van der Waals surface area contributed by atoms with Gasteiger partial charge in [-0.2, -0.15) is 9.61 Å². The van der Waals surface area contributed by atoms with E-state index in [1.54, 1.807) is 10.6 Å². The highest BCUT2D eigenvalue weighted by Gasteiger charge is 2.22. The van der Waals surface area contributed by atoms with Crippen molar-refractivity contribution < 1.29 is 4.74 Å². The monoisotopic (exact) mass is 431 g/mol. The van der Waals surface area contributed by atoms with Gasteiger partial charge in [0, 0.05) is 16.7 Å². The van der Waals surface area contributed by atoms with Crippen molar-refractivity contribution >= 4 is 40.4 Å². The molecule has 0 bridgehead atoms. The summed E-state index contributed by atoms with van der Waals surface area (Å²) in [7, 11) is 0. The van der Waals surface area contributed by atoms with Crippen molar-refractivity contribution in [2.45, 2.75) is 20.0 Å². The van der Waals surface area contributed by atoms with Gasteiger partial charge in [0.25, 0.3) is 0 Å². The Morgan fingerprint density at radius 1 is 0.964 bits per heavy atom. The van der Waals surface area contributed by atoms with E-state index in [1.165, 1.54) is 0 Å². The van der Waals surface area contributed by atoms with E-state index >= 15 is 0 Å². The van der Waals surface area contributed by atoms with Gasteiger partial charge in [-0.25, -0.2) is 4.98 Å². The summed E-state index contributed by atoms with van der Waals surface area (Å²) in [6.07, 6.45) is -0.0476. The molecule has 0 aliphatic carbocycles. The summed E-state index contributed by atoms with van der Waals surface area (Å²) < 4.78 is 7.58. The smallest absolute Gasteiger partial charge is 0.219 e. The second-order valence-electron chi connectivity index (χ2n) is 6.53. The lowest BCUT2D eigenvalue weighted by Gasteiger charge is -2.11. The van der Waals surface area contributed by atoms with E-state index in [1.807, 2.05) is 62.4 Å². The summed E-state index contributed by atoms with van der Waals surface area (Å²) in [5.41, 5.74) is 3.78. The van der Waals surface area contributed by atoms with Gasteiger partial charge in [-0.15, -0.1) is 0 Å². The molecule has 0 saturated heterocycles. The summed E-state index contributed by atoms with van der Waals surface area (Å²) in [6.45, 7) is 3.89. The van der Waals surface area contributed by atoms with Crippen LogP contribution in [0.1, 0.15) is 13.8 Å². The third kappa shape index (κ3) is 3.55. The highest BCUT2D eigenvalue weighted by atomic mass is 35.5. The normalized spacial score (nSPS) is 11.4. The van der Waals surface area contributed by atoms with E-state index in [4.69, 9.17) is 44.6 Å². The molecule has 4 aromatic rings. The zero-order chi connectivity index (χ0) is 19.8. The Balaban J connectivity index is 2.08. The predicted molar refractivity (Wildman–Crippen MR) is 115 cm³/mol.